The second-order valence-electron chi connectivity index (χ2n) is 9.92. The van der Waals surface area contributed by atoms with E-state index >= 15 is 0 Å². The molecule has 2 unspecified atom stereocenters. The quantitative estimate of drug-likeness (QED) is 0.140. The first-order valence-electron chi connectivity index (χ1n) is 12.9. The van der Waals surface area contributed by atoms with Crippen molar-refractivity contribution in [2.45, 2.75) is 68.7 Å². The van der Waals surface area contributed by atoms with E-state index in [1.54, 1.807) is 0 Å². The SMILES string of the molecule is CCC(CC1CC1)NCCCC(O)CSc1c(-c2cc(Cl)ccc2O)c2cc(C(F)(F)F)ccc2[nH]c1=O. The number of rotatable bonds is 12. The summed E-state index contributed by atoms with van der Waals surface area (Å²) >= 11 is 7.20. The van der Waals surface area contributed by atoms with Crippen molar-refractivity contribution in [2.24, 2.45) is 5.92 Å². The van der Waals surface area contributed by atoms with Crippen LogP contribution < -0.4 is 10.9 Å². The Morgan fingerprint density at radius 1 is 1.21 bits per heavy atom. The third-order valence-corrected chi connectivity index (χ3v) is 8.37. The van der Waals surface area contributed by atoms with E-state index in [4.69, 9.17) is 11.6 Å². The predicted molar refractivity (Wildman–Crippen MR) is 147 cm³/mol. The van der Waals surface area contributed by atoms with E-state index in [1.807, 2.05) is 0 Å². The lowest BCUT2D eigenvalue weighted by Crippen LogP contribution is -2.30. The third kappa shape index (κ3) is 7.25. The highest BCUT2D eigenvalue weighted by atomic mass is 35.5. The number of fused-ring (bicyclic) bond motifs is 1. The number of hydrogen-bond donors (Lipinski definition) is 4. The summed E-state index contributed by atoms with van der Waals surface area (Å²) in [5.41, 5.74) is -0.897. The minimum Gasteiger partial charge on any atom is -0.507 e. The number of aromatic nitrogens is 1. The first-order chi connectivity index (χ1) is 18.1. The second-order valence-corrected chi connectivity index (χ2v) is 11.4. The van der Waals surface area contributed by atoms with Crippen molar-refractivity contribution in [3.8, 4) is 16.9 Å². The zero-order valence-electron chi connectivity index (χ0n) is 21.1. The molecule has 0 spiro atoms. The molecule has 206 valence electrons. The van der Waals surface area contributed by atoms with Crippen LogP contribution in [0.5, 0.6) is 5.75 Å². The number of aliphatic hydroxyl groups is 1. The molecule has 1 aromatic heterocycles. The lowest BCUT2D eigenvalue weighted by molar-refractivity contribution is -0.137. The normalized spacial score (nSPS) is 15.6. The Morgan fingerprint density at radius 3 is 2.66 bits per heavy atom. The Labute approximate surface area is 228 Å². The average molecular weight is 569 g/mol. The number of pyridine rings is 1. The molecular formula is C28H32ClF3N2O3S. The fourth-order valence-corrected chi connectivity index (χ4v) is 5.87. The molecule has 5 nitrogen and oxygen atoms in total. The van der Waals surface area contributed by atoms with Crippen LogP contribution in [0.4, 0.5) is 13.2 Å². The van der Waals surface area contributed by atoms with E-state index in [9.17, 15) is 28.2 Å². The lowest BCUT2D eigenvalue weighted by atomic mass is 9.98. The van der Waals surface area contributed by atoms with Gasteiger partial charge in [0.1, 0.15) is 5.75 Å². The standard InChI is InChI=1S/C28H32ClF3N2O3S/c1-2-19(12-16-5-6-16)33-11-3-4-20(35)15-38-26-25(22-14-18(29)8-10-24(22)36)21-13-17(28(30,31)32)7-9-23(21)34-27(26)37/h7-10,13-14,16,19-20,33,35-36H,2-6,11-12,15H2,1H3,(H,34,37). The van der Waals surface area contributed by atoms with Crippen molar-refractivity contribution < 1.29 is 23.4 Å². The molecule has 3 aromatic rings. The highest BCUT2D eigenvalue weighted by Crippen LogP contribution is 2.42. The number of halogens is 4. The Morgan fingerprint density at radius 2 is 1.97 bits per heavy atom. The maximum atomic E-state index is 13.5. The van der Waals surface area contributed by atoms with Crippen LogP contribution in [-0.4, -0.2) is 39.6 Å². The number of thioether (sulfide) groups is 1. The molecule has 1 saturated carbocycles. The Bertz CT molecular complexity index is 1330. The van der Waals surface area contributed by atoms with Gasteiger partial charge in [-0.1, -0.05) is 31.4 Å². The molecule has 0 saturated heterocycles. The number of phenolic OH excluding ortho intramolecular Hbond substituents is 1. The number of phenols is 1. The number of aliphatic hydroxyl groups excluding tert-OH is 1. The van der Waals surface area contributed by atoms with Gasteiger partial charge in [-0.05, 0) is 74.5 Å². The highest BCUT2D eigenvalue weighted by Gasteiger charge is 2.31. The molecule has 38 heavy (non-hydrogen) atoms. The fourth-order valence-electron chi connectivity index (χ4n) is 4.62. The van der Waals surface area contributed by atoms with Crippen LogP contribution >= 0.6 is 23.4 Å². The van der Waals surface area contributed by atoms with Crippen LogP contribution in [0.1, 0.15) is 51.0 Å². The van der Waals surface area contributed by atoms with Gasteiger partial charge in [0, 0.05) is 38.8 Å². The minimum absolute atomic E-state index is 0.113. The maximum Gasteiger partial charge on any atom is 0.416 e. The molecule has 0 amide bonds. The van der Waals surface area contributed by atoms with Gasteiger partial charge in [0.05, 0.1) is 16.6 Å². The smallest absolute Gasteiger partial charge is 0.416 e. The van der Waals surface area contributed by atoms with Crippen LogP contribution in [0.3, 0.4) is 0 Å². The molecule has 0 bridgehead atoms. The van der Waals surface area contributed by atoms with Gasteiger partial charge in [-0.3, -0.25) is 4.79 Å². The van der Waals surface area contributed by atoms with Gasteiger partial charge in [-0.25, -0.2) is 0 Å². The van der Waals surface area contributed by atoms with Gasteiger partial charge in [-0.15, -0.1) is 11.8 Å². The summed E-state index contributed by atoms with van der Waals surface area (Å²) in [5.74, 6) is 0.792. The molecular weight excluding hydrogens is 537 g/mol. The van der Waals surface area contributed by atoms with Crippen molar-refractivity contribution >= 4 is 34.3 Å². The van der Waals surface area contributed by atoms with Crippen LogP contribution in [0.2, 0.25) is 5.02 Å². The number of aromatic hydroxyl groups is 1. The van der Waals surface area contributed by atoms with Crippen molar-refractivity contribution in [2.75, 3.05) is 12.3 Å². The van der Waals surface area contributed by atoms with Gasteiger partial charge in [0.15, 0.2) is 0 Å². The molecule has 0 aliphatic heterocycles. The molecule has 2 atom stereocenters. The first kappa shape index (κ1) is 28.8. The van der Waals surface area contributed by atoms with Gasteiger partial charge >= 0.3 is 6.18 Å². The zero-order chi connectivity index (χ0) is 27.4. The summed E-state index contributed by atoms with van der Waals surface area (Å²) in [6, 6.07) is 7.75. The molecule has 4 rings (SSSR count). The summed E-state index contributed by atoms with van der Waals surface area (Å²) < 4.78 is 40.6. The number of nitrogens with one attached hydrogen (secondary N) is 2. The largest absolute Gasteiger partial charge is 0.507 e. The Kier molecular flexibility index (Phi) is 9.34. The van der Waals surface area contributed by atoms with E-state index in [0.717, 1.165) is 49.2 Å². The third-order valence-electron chi connectivity index (χ3n) is 6.90. The number of H-pyrrole nitrogens is 1. The molecule has 1 heterocycles. The second kappa shape index (κ2) is 12.3. The van der Waals surface area contributed by atoms with Crippen LogP contribution in [-0.2, 0) is 6.18 Å². The van der Waals surface area contributed by atoms with Gasteiger partial charge in [-0.2, -0.15) is 13.2 Å². The molecule has 1 aliphatic rings. The first-order valence-corrected chi connectivity index (χ1v) is 14.2. The minimum atomic E-state index is -4.59. The molecule has 10 heteroatoms. The van der Waals surface area contributed by atoms with E-state index < -0.39 is 23.4 Å². The molecule has 0 radical (unpaired) electrons. The topological polar surface area (TPSA) is 85.3 Å². The van der Waals surface area contributed by atoms with Crippen molar-refractivity contribution in [1.82, 2.24) is 10.3 Å². The number of alkyl halides is 3. The van der Waals surface area contributed by atoms with Gasteiger partial charge < -0.3 is 20.5 Å². The van der Waals surface area contributed by atoms with Crippen LogP contribution in [0, 0.1) is 5.92 Å². The number of hydrogen-bond acceptors (Lipinski definition) is 5. The Hall–Kier alpha value is -2.20. The van der Waals surface area contributed by atoms with Crippen LogP contribution in [0.15, 0.2) is 46.1 Å². The fraction of sp³-hybridized carbons (Fsp3) is 0.464. The monoisotopic (exact) mass is 568 g/mol. The van der Waals surface area contributed by atoms with Crippen molar-refractivity contribution in [3.63, 3.8) is 0 Å². The molecule has 2 aromatic carbocycles. The summed E-state index contributed by atoms with van der Waals surface area (Å²) in [4.78, 5) is 15.8. The maximum absolute atomic E-state index is 13.5. The van der Waals surface area contributed by atoms with E-state index in [2.05, 4.69) is 17.2 Å². The van der Waals surface area contributed by atoms with E-state index in [-0.39, 0.29) is 43.5 Å². The highest BCUT2D eigenvalue weighted by molar-refractivity contribution is 7.99. The van der Waals surface area contributed by atoms with Crippen LogP contribution in [0.25, 0.3) is 22.0 Å². The molecule has 4 N–H and O–H groups in total. The number of aromatic amines is 1. The molecule has 1 fully saturated rings. The predicted octanol–water partition coefficient (Wildman–Crippen LogP) is 6.97. The van der Waals surface area contributed by atoms with E-state index in [0.29, 0.717) is 12.5 Å². The summed E-state index contributed by atoms with van der Waals surface area (Å²) in [7, 11) is 0. The van der Waals surface area contributed by atoms with Gasteiger partial charge in [0.2, 0.25) is 0 Å². The molecule has 1 aliphatic carbocycles. The summed E-state index contributed by atoms with van der Waals surface area (Å²) in [6.45, 7) is 2.95. The number of benzene rings is 2. The van der Waals surface area contributed by atoms with E-state index in [1.165, 1.54) is 43.5 Å². The lowest BCUT2D eigenvalue weighted by Gasteiger charge is -2.18. The van der Waals surface area contributed by atoms with Crippen molar-refractivity contribution in [1.29, 1.82) is 0 Å². The Balaban J connectivity index is 1.56. The summed E-state index contributed by atoms with van der Waals surface area (Å²) in [6.07, 6.45) is 0.843. The van der Waals surface area contributed by atoms with Crippen molar-refractivity contribution in [3.05, 3.63) is 57.3 Å². The van der Waals surface area contributed by atoms with Gasteiger partial charge in [0.25, 0.3) is 5.56 Å². The average Bonchev–Trinajstić information content (AvgIpc) is 3.69. The zero-order valence-corrected chi connectivity index (χ0v) is 22.6. The summed E-state index contributed by atoms with van der Waals surface area (Å²) in [5, 5.41) is 25.1.